The van der Waals surface area contributed by atoms with Crippen molar-refractivity contribution in [3.8, 4) is 0 Å². The van der Waals surface area contributed by atoms with E-state index >= 15 is 0 Å². The Morgan fingerprint density at radius 1 is 1.20 bits per heavy atom. The van der Waals surface area contributed by atoms with Crippen LogP contribution in [0.1, 0.15) is 71.0 Å². The van der Waals surface area contributed by atoms with Gasteiger partial charge in [-0.25, -0.2) is 4.98 Å². The molecule has 0 aliphatic heterocycles. The lowest BCUT2D eigenvalue weighted by molar-refractivity contribution is 0.129. The molecule has 0 spiro atoms. The number of aromatic nitrogens is 2. The van der Waals surface area contributed by atoms with Crippen molar-refractivity contribution in [1.29, 1.82) is 0 Å². The third-order valence-electron chi connectivity index (χ3n) is 5.11. The number of nitrogens with zero attached hydrogens (tertiary/aromatic N) is 2. The lowest BCUT2D eigenvalue weighted by atomic mass is 9.69. The zero-order valence-electron chi connectivity index (χ0n) is 13.2. The molecule has 2 fully saturated rings. The van der Waals surface area contributed by atoms with Crippen molar-refractivity contribution >= 4 is 0 Å². The van der Waals surface area contributed by atoms with Gasteiger partial charge in [0.1, 0.15) is 0 Å². The first-order chi connectivity index (χ1) is 9.55. The summed E-state index contributed by atoms with van der Waals surface area (Å²) in [7, 11) is 0. The van der Waals surface area contributed by atoms with Gasteiger partial charge in [-0.05, 0) is 37.0 Å². The Morgan fingerprint density at radius 3 is 2.65 bits per heavy atom. The van der Waals surface area contributed by atoms with Gasteiger partial charge in [0.2, 0.25) is 0 Å². The van der Waals surface area contributed by atoms with Gasteiger partial charge in [-0.3, -0.25) is 0 Å². The molecule has 1 heterocycles. The van der Waals surface area contributed by atoms with E-state index < -0.39 is 0 Å². The van der Waals surface area contributed by atoms with Crippen LogP contribution in [0.4, 0.5) is 0 Å². The number of nitrogens with one attached hydrogen (secondary N) is 1. The molecule has 3 heteroatoms. The molecule has 2 aliphatic rings. The zero-order valence-corrected chi connectivity index (χ0v) is 13.2. The minimum atomic E-state index is 0.412. The fourth-order valence-electron chi connectivity index (χ4n) is 3.80. The summed E-state index contributed by atoms with van der Waals surface area (Å²) in [5.74, 6) is 0.800. The monoisotopic (exact) mass is 275 g/mol. The summed E-state index contributed by atoms with van der Waals surface area (Å²) >= 11 is 0. The van der Waals surface area contributed by atoms with Crippen LogP contribution in [0.5, 0.6) is 0 Å². The second-order valence-corrected chi connectivity index (χ2v) is 7.77. The molecule has 0 aromatic carbocycles. The average molecular weight is 275 g/mol. The van der Waals surface area contributed by atoms with Gasteiger partial charge in [-0.15, -0.1) is 0 Å². The summed E-state index contributed by atoms with van der Waals surface area (Å²) in [5, 5.41) is 3.84. The van der Waals surface area contributed by atoms with Crippen LogP contribution >= 0.6 is 0 Å². The lowest BCUT2D eigenvalue weighted by Crippen LogP contribution is -2.44. The fraction of sp³-hybridized carbons (Fsp3) is 0.824. The summed E-state index contributed by atoms with van der Waals surface area (Å²) < 4.78 is 2.38. The van der Waals surface area contributed by atoms with Crippen molar-refractivity contribution < 1.29 is 0 Å². The van der Waals surface area contributed by atoms with E-state index in [2.05, 4.69) is 35.6 Å². The van der Waals surface area contributed by atoms with Crippen LogP contribution < -0.4 is 5.32 Å². The van der Waals surface area contributed by atoms with Gasteiger partial charge in [0.05, 0.1) is 12.0 Å². The van der Waals surface area contributed by atoms with Crippen molar-refractivity contribution in [3.63, 3.8) is 0 Å². The molecule has 112 valence electrons. The molecule has 2 unspecified atom stereocenters. The highest BCUT2D eigenvalue weighted by Crippen LogP contribution is 2.38. The molecular weight excluding hydrogens is 246 g/mol. The van der Waals surface area contributed by atoms with Crippen molar-refractivity contribution in [1.82, 2.24) is 14.9 Å². The van der Waals surface area contributed by atoms with Crippen LogP contribution in [-0.4, -0.2) is 15.6 Å². The highest BCUT2D eigenvalue weighted by Gasteiger charge is 2.34. The molecule has 0 saturated heterocycles. The first kappa shape index (κ1) is 14.1. The van der Waals surface area contributed by atoms with Gasteiger partial charge < -0.3 is 9.88 Å². The average Bonchev–Trinajstić information content (AvgIpc) is 3.15. The number of hydrogen-bond donors (Lipinski definition) is 1. The Labute approximate surface area is 123 Å². The Morgan fingerprint density at radius 2 is 1.95 bits per heavy atom. The highest BCUT2D eigenvalue weighted by molar-refractivity contribution is 5.04. The van der Waals surface area contributed by atoms with Crippen LogP contribution in [0.3, 0.4) is 0 Å². The van der Waals surface area contributed by atoms with Gasteiger partial charge in [0, 0.05) is 24.8 Å². The van der Waals surface area contributed by atoms with Crippen molar-refractivity contribution in [2.24, 2.45) is 11.3 Å². The first-order valence-electron chi connectivity index (χ1n) is 8.30. The second-order valence-electron chi connectivity index (χ2n) is 7.77. The smallest absolute Gasteiger partial charge is 0.0951 e. The molecule has 1 N–H and O–H groups in total. The largest absolute Gasteiger partial charge is 0.330 e. The molecule has 20 heavy (non-hydrogen) atoms. The highest BCUT2D eigenvalue weighted by atomic mass is 15.1. The van der Waals surface area contributed by atoms with E-state index in [0.717, 1.165) is 18.5 Å². The van der Waals surface area contributed by atoms with Crippen LogP contribution in [0.25, 0.3) is 0 Å². The van der Waals surface area contributed by atoms with Crippen LogP contribution in [0.2, 0.25) is 0 Å². The van der Waals surface area contributed by atoms with Crippen LogP contribution in [-0.2, 0) is 6.54 Å². The van der Waals surface area contributed by atoms with E-state index in [4.69, 9.17) is 0 Å². The van der Waals surface area contributed by atoms with E-state index in [9.17, 15) is 0 Å². The minimum absolute atomic E-state index is 0.412. The van der Waals surface area contributed by atoms with Gasteiger partial charge in [0.15, 0.2) is 0 Å². The molecule has 2 aliphatic carbocycles. The van der Waals surface area contributed by atoms with E-state index in [-0.39, 0.29) is 0 Å². The minimum Gasteiger partial charge on any atom is -0.330 e. The molecule has 2 atom stereocenters. The summed E-state index contributed by atoms with van der Waals surface area (Å²) in [6.45, 7) is 8.16. The third kappa shape index (κ3) is 3.08. The standard InChI is InChI=1S/C17H29N3/c1-17(2,3)15-6-4-5-7-16(15)19-11-14-10-18-12-20(14)13-8-9-13/h10,12-13,15-16,19H,4-9,11H2,1-3H3. The molecule has 1 aromatic rings. The number of imidazole rings is 1. The Bertz CT molecular complexity index is 439. The maximum atomic E-state index is 4.34. The van der Waals surface area contributed by atoms with Crippen molar-refractivity contribution in [3.05, 3.63) is 18.2 Å². The van der Waals surface area contributed by atoms with Crippen molar-refractivity contribution in [2.75, 3.05) is 0 Å². The quantitative estimate of drug-likeness (QED) is 0.903. The number of rotatable bonds is 4. The summed E-state index contributed by atoms with van der Waals surface area (Å²) in [6.07, 6.45) is 12.2. The molecule has 1 aromatic heterocycles. The van der Waals surface area contributed by atoms with E-state index in [1.54, 1.807) is 0 Å². The van der Waals surface area contributed by atoms with E-state index in [1.807, 2.05) is 12.5 Å². The first-order valence-corrected chi connectivity index (χ1v) is 8.30. The van der Waals surface area contributed by atoms with Gasteiger partial charge >= 0.3 is 0 Å². The maximum Gasteiger partial charge on any atom is 0.0951 e. The van der Waals surface area contributed by atoms with Gasteiger partial charge in [-0.2, -0.15) is 0 Å². The van der Waals surface area contributed by atoms with Gasteiger partial charge in [0.25, 0.3) is 0 Å². The zero-order chi connectivity index (χ0) is 14.2. The predicted octanol–water partition coefficient (Wildman–Crippen LogP) is 3.91. The topological polar surface area (TPSA) is 29.9 Å². The Balaban J connectivity index is 1.62. The third-order valence-corrected chi connectivity index (χ3v) is 5.11. The summed E-state index contributed by atoms with van der Waals surface area (Å²) in [4.78, 5) is 4.34. The SMILES string of the molecule is CC(C)(C)C1CCCCC1NCc1cncn1C1CC1. The molecule has 0 radical (unpaired) electrons. The molecule has 0 amide bonds. The summed E-state index contributed by atoms with van der Waals surface area (Å²) in [5.41, 5.74) is 1.78. The van der Waals surface area contributed by atoms with E-state index in [0.29, 0.717) is 11.5 Å². The van der Waals surface area contributed by atoms with Gasteiger partial charge in [-0.1, -0.05) is 33.6 Å². The molecule has 3 rings (SSSR count). The van der Waals surface area contributed by atoms with E-state index in [1.165, 1.54) is 44.2 Å². The molecule has 3 nitrogen and oxygen atoms in total. The molecule has 2 saturated carbocycles. The number of hydrogen-bond acceptors (Lipinski definition) is 2. The molecular formula is C17H29N3. The Kier molecular flexibility index (Phi) is 3.89. The van der Waals surface area contributed by atoms with Crippen LogP contribution in [0, 0.1) is 11.3 Å². The molecule has 0 bridgehead atoms. The normalized spacial score (nSPS) is 27.8. The van der Waals surface area contributed by atoms with Crippen molar-refractivity contribution in [2.45, 2.75) is 77.9 Å². The lowest BCUT2D eigenvalue weighted by Gasteiger charge is -2.41. The Hall–Kier alpha value is -0.830. The predicted molar refractivity (Wildman–Crippen MR) is 82.5 cm³/mol. The second kappa shape index (κ2) is 5.51. The summed E-state index contributed by atoms with van der Waals surface area (Å²) in [6, 6.07) is 1.41. The van der Waals surface area contributed by atoms with Crippen LogP contribution in [0.15, 0.2) is 12.5 Å². The maximum absolute atomic E-state index is 4.34. The fourth-order valence-corrected chi connectivity index (χ4v) is 3.80.